The number of aromatic nitrogens is 5. The van der Waals surface area contributed by atoms with E-state index >= 15 is 0 Å². The lowest BCUT2D eigenvalue weighted by atomic mass is 10.1. The van der Waals surface area contributed by atoms with Crippen LogP contribution in [-0.2, 0) is 13.0 Å². The van der Waals surface area contributed by atoms with Gasteiger partial charge in [-0.15, -0.1) is 0 Å². The molecule has 138 valence electrons. The maximum absolute atomic E-state index is 5.45. The Morgan fingerprint density at radius 3 is 2.54 bits per heavy atom. The summed E-state index contributed by atoms with van der Waals surface area (Å²) in [4.78, 5) is 18.2. The number of hydrogen-bond acceptors (Lipinski definition) is 6. The minimum absolute atomic E-state index is 0.461. The van der Waals surface area contributed by atoms with Crippen LogP contribution in [0.5, 0.6) is 11.8 Å². The highest BCUT2D eigenvalue weighted by Crippen LogP contribution is 2.33. The van der Waals surface area contributed by atoms with Crippen LogP contribution in [0.3, 0.4) is 0 Å². The molecule has 0 saturated heterocycles. The van der Waals surface area contributed by atoms with E-state index in [1.807, 2.05) is 6.07 Å². The average molecular weight is 355 g/mol. The molecule has 7 nitrogen and oxygen atoms in total. The summed E-state index contributed by atoms with van der Waals surface area (Å²) in [6.45, 7) is 5.23. The third-order valence-corrected chi connectivity index (χ3v) is 4.40. The first-order valence-electron chi connectivity index (χ1n) is 9.02. The van der Waals surface area contributed by atoms with Gasteiger partial charge < -0.3 is 14.0 Å². The Bertz CT molecular complexity index is 891. The predicted molar refractivity (Wildman–Crippen MR) is 101 cm³/mol. The van der Waals surface area contributed by atoms with Crippen molar-refractivity contribution in [3.8, 4) is 23.0 Å². The van der Waals surface area contributed by atoms with E-state index < -0.39 is 0 Å². The first-order chi connectivity index (χ1) is 12.7. The number of fused-ring (bicyclic) bond motifs is 1. The van der Waals surface area contributed by atoms with Gasteiger partial charge in [0.1, 0.15) is 23.4 Å². The first-order valence-corrected chi connectivity index (χ1v) is 9.02. The molecule has 0 bridgehead atoms. The largest absolute Gasteiger partial charge is 0.481 e. The van der Waals surface area contributed by atoms with Gasteiger partial charge >= 0.3 is 0 Å². The minimum atomic E-state index is 0.461. The summed E-state index contributed by atoms with van der Waals surface area (Å²) in [5.41, 5.74) is 3.15. The van der Waals surface area contributed by atoms with Crippen molar-refractivity contribution >= 4 is 11.2 Å². The molecule has 3 aromatic heterocycles. The van der Waals surface area contributed by atoms with Crippen LogP contribution in [0.1, 0.15) is 38.9 Å². The average Bonchev–Trinajstić information content (AvgIpc) is 3.05. The molecule has 0 radical (unpaired) electrons. The van der Waals surface area contributed by atoms with Crippen molar-refractivity contribution in [1.82, 2.24) is 24.5 Å². The molecule has 3 heterocycles. The molecule has 7 heteroatoms. The molecule has 0 fully saturated rings. The van der Waals surface area contributed by atoms with Crippen LogP contribution < -0.4 is 9.47 Å². The zero-order valence-electron chi connectivity index (χ0n) is 15.8. The molecule has 0 aromatic carbocycles. The van der Waals surface area contributed by atoms with E-state index in [-0.39, 0.29) is 0 Å². The number of unbranched alkanes of at least 4 members (excludes halogenated alkanes) is 2. The number of ether oxygens (including phenoxy) is 2. The maximum Gasteiger partial charge on any atom is 0.226 e. The monoisotopic (exact) mass is 355 g/mol. The van der Waals surface area contributed by atoms with Crippen LogP contribution in [0, 0.1) is 0 Å². The van der Waals surface area contributed by atoms with Gasteiger partial charge in [0.05, 0.1) is 19.8 Å². The number of nitrogens with zero attached hydrogens (tertiary/aromatic N) is 5. The molecular formula is C19H25N5O2. The number of hydrogen-bond donors (Lipinski definition) is 0. The molecule has 26 heavy (non-hydrogen) atoms. The Kier molecular flexibility index (Phi) is 5.65. The summed E-state index contributed by atoms with van der Waals surface area (Å²) < 4.78 is 12.8. The van der Waals surface area contributed by atoms with E-state index in [9.17, 15) is 0 Å². The van der Waals surface area contributed by atoms with Crippen LogP contribution in [0.15, 0.2) is 18.5 Å². The number of imidazole rings is 1. The summed E-state index contributed by atoms with van der Waals surface area (Å²) >= 11 is 0. The molecule has 0 saturated carbocycles. The van der Waals surface area contributed by atoms with Gasteiger partial charge in [-0.1, -0.05) is 26.7 Å². The minimum Gasteiger partial charge on any atom is -0.481 e. The third kappa shape index (κ3) is 3.34. The van der Waals surface area contributed by atoms with E-state index in [1.54, 1.807) is 26.6 Å². The smallest absolute Gasteiger partial charge is 0.226 e. The highest BCUT2D eigenvalue weighted by Gasteiger charge is 2.19. The van der Waals surface area contributed by atoms with E-state index in [2.05, 4.69) is 33.4 Å². The van der Waals surface area contributed by atoms with E-state index in [0.717, 1.165) is 47.6 Å². The summed E-state index contributed by atoms with van der Waals surface area (Å²) in [5, 5.41) is 0. The van der Waals surface area contributed by atoms with Gasteiger partial charge in [-0.25, -0.2) is 15.0 Å². The van der Waals surface area contributed by atoms with Crippen molar-refractivity contribution in [2.24, 2.45) is 0 Å². The Labute approximate surface area is 153 Å². The van der Waals surface area contributed by atoms with Gasteiger partial charge in [-0.3, -0.25) is 0 Å². The lowest BCUT2D eigenvalue weighted by Crippen LogP contribution is -2.04. The van der Waals surface area contributed by atoms with Crippen molar-refractivity contribution in [2.45, 2.75) is 46.1 Å². The quantitative estimate of drug-likeness (QED) is 0.574. The number of methoxy groups -OCH3 is 2. The second-order valence-corrected chi connectivity index (χ2v) is 6.05. The van der Waals surface area contributed by atoms with Crippen LogP contribution in [0.25, 0.3) is 22.4 Å². The highest BCUT2D eigenvalue weighted by molar-refractivity contribution is 5.89. The van der Waals surface area contributed by atoms with Crippen molar-refractivity contribution in [1.29, 1.82) is 0 Å². The van der Waals surface area contributed by atoms with Crippen LogP contribution in [-0.4, -0.2) is 38.7 Å². The molecule has 0 aliphatic carbocycles. The van der Waals surface area contributed by atoms with Gasteiger partial charge in [-0.05, 0) is 12.5 Å². The van der Waals surface area contributed by atoms with Crippen molar-refractivity contribution in [3.05, 3.63) is 24.3 Å². The Hall–Kier alpha value is -2.70. The second-order valence-electron chi connectivity index (χ2n) is 6.05. The second kappa shape index (κ2) is 8.12. The van der Waals surface area contributed by atoms with Gasteiger partial charge in [-0.2, -0.15) is 4.98 Å². The van der Waals surface area contributed by atoms with E-state index in [1.165, 1.54) is 12.8 Å². The molecule has 0 aliphatic rings. The summed E-state index contributed by atoms with van der Waals surface area (Å²) in [7, 11) is 3.17. The molecule has 0 amide bonds. The van der Waals surface area contributed by atoms with Crippen molar-refractivity contribution < 1.29 is 9.47 Å². The summed E-state index contributed by atoms with van der Waals surface area (Å²) in [6.07, 6.45) is 5.92. The lowest BCUT2D eigenvalue weighted by molar-refractivity contribution is 0.366. The lowest BCUT2D eigenvalue weighted by Gasteiger charge is -2.09. The first kappa shape index (κ1) is 18.1. The Balaban J connectivity index is 2.13. The van der Waals surface area contributed by atoms with Crippen molar-refractivity contribution in [2.75, 3.05) is 14.2 Å². The van der Waals surface area contributed by atoms with Gasteiger partial charge in [0.2, 0.25) is 11.8 Å². The zero-order valence-corrected chi connectivity index (χ0v) is 15.8. The summed E-state index contributed by atoms with van der Waals surface area (Å²) in [5.74, 6) is 1.98. The van der Waals surface area contributed by atoms with Gasteiger partial charge in [0.25, 0.3) is 0 Å². The molecule has 0 aliphatic heterocycles. The van der Waals surface area contributed by atoms with Gasteiger partial charge in [0, 0.05) is 19.0 Å². The topological polar surface area (TPSA) is 75.0 Å². The summed E-state index contributed by atoms with van der Waals surface area (Å²) in [6, 6.07) is 3.69. The number of rotatable bonds is 8. The van der Waals surface area contributed by atoms with Crippen molar-refractivity contribution in [3.63, 3.8) is 0 Å². The molecule has 3 rings (SSSR count). The maximum atomic E-state index is 5.45. The molecular weight excluding hydrogens is 330 g/mol. The molecule has 0 N–H and O–H groups in total. The zero-order chi connectivity index (χ0) is 18.5. The molecule has 0 spiro atoms. The standard InChI is InChI=1S/C19H25N5O2/c1-5-7-8-11-24-14(6-2)22-17-16(20-12-21-18(17)24)13-9-10-15(25-3)23-19(13)26-4/h9-10,12H,5-8,11H2,1-4H3. The molecule has 3 aromatic rings. The van der Waals surface area contributed by atoms with E-state index in [0.29, 0.717) is 11.8 Å². The number of pyridine rings is 1. The molecule has 0 atom stereocenters. The van der Waals surface area contributed by atoms with Crippen LogP contribution in [0.4, 0.5) is 0 Å². The van der Waals surface area contributed by atoms with Gasteiger partial charge in [0.15, 0.2) is 5.65 Å². The van der Waals surface area contributed by atoms with Crippen LogP contribution >= 0.6 is 0 Å². The Morgan fingerprint density at radius 2 is 1.85 bits per heavy atom. The predicted octanol–water partition coefficient (Wildman–Crippen LogP) is 3.66. The third-order valence-electron chi connectivity index (χ3n) is 4.40. The highest BCUT2D eigenvalue weighted by atomic mass is 16.5. The van der Waals surface area contributed by atoms with E-state index in [4.69, 9.17) is 14.5 Å². The normalized spacial score (nSPS) is 11.1. The Morgan fingerprint density at radius 1 is 1.00 bits per heavy atom. The SMILES string of the molecule is CCCCCn1c(CC)nc2c(-c3ccc(OC)nc3OC)ncnc21. The molecule has 0 unspecified atom stereocenters. The number of aryl methyl sites for hydroxylation is 2. The fourth-order valence-electron chi connectivity index (χ4n) is 3.08. The van der Waals surface area contributed by atoms with Crippen LogP contribution in [0.2, 0.25) is 0 Å². The fraction of sp³-hybridized carbons (Fsp3) is 0.474. The fourth-order valence-corrected chi connectivity index (χ4v) is 3.08.